The number of hydrogen-bond acceptors (Lipinski definition) is 2. The molecule has 0 unspecified atom stereocenters. The van der Waals surface area contributed by atoms with Crippen LogP contribution < -0.4 is 10.3 Å². The van der Waals surface area contributed by atoms with Crippen molar-refractivity contribution in [3.05, 3.63) is 52.8 Å². The summed E-state index contributed by atoms with van der Waals surface area (Å²) in [6, 6.07) is 13.2. The molecule has 1 aromatic heterocycles. The number of H-pyrrole nitrogens is 1. The minimum absolute atomic E-state index is 0.0682. The smallest absolute Gasteiger partial charge is 0.256 e. The van der Waals surface area contributed by atoms with E-state index in [1.165, 1.54) is 0 Å². The first-order chi connectivity index (χ1) is 8.31. The van der Waals surface area contributed by atoms with E-state index in [9.17, 15) is 4.79 Å². The van der Waals surface area contributed by atoms with Gasteiger partial charge in [0.25, 0.3) is 5.56 Å². The molecule has 0 spiro atoms. The highest BCUT2D eigenvalue weighted by atomic mass is 16.5. The minimum atomic E-state index is -0.0682. The zero-order valence-corrected chi connectivity index (χ0v) is 9.36. The Labute approximate surface area is 97.7 Å². The van der Waals surface area contributed by atoms with Gasteiger partial charge in [0.2, 0.25) is 0 Å². The van der Waals surface area contributed by atoms with E-state index in [2.05, 4.69) is 4.98 Å². The highest BCUT2D eigenvalue weighted by molar-refractivity contribution is 6.08. The van der Waals surface area contributed by atoms with Crippen molar-refractivity contribution < 1.29 is 4.74 Å². The number of methoxy groups -OCH3 is 1. The fourth-order valence-electron chi connectivity index (χ4n) is 2.17. The van der Waals surface area contributed by atoms with Crippen LogP contribution in [0.2, 0.25) is 0 Å². The first kappa shape index (κ1) is 9.90. The number of nitrogens with one attached hydrogen (secondary N) is 1. The molecule has 0 aliphatic rings. The monoisotopic (exact) mass is 225 g/mol. The fraction of sp³-hybridized carbons (Fsp3) is 0.0714. The van der Waals surface area contributed by atoms with Gasteiger partial charge in [0.15, 0.2) is 0 Å². The van der Waals surface area contributed by atoms with Crippen LogP contribution in [0.4, 0.5) is 0 Å². The number of pyridine rings is 1. The van der Waals surface area contributed by atoms with E-state index in [1.54, 1.807) is 7.11 Å². The van der Waals surface area contributed by atoms with Crippen LogP contribution in [0.25, 0.3) is 21.7 Å². The van der Waals surface area contributed by atoms with Gasteiger partial charge in [0, 0.05) is 16.2 Å². The molecule has 0 bridgehead atoms. The Hall–Kier alpha value is -2.29. The maximum absolute atomic E-state index is 11.9. The van der Waals surface area contributed by atoms with Gasteiger partial charge in [0.1, 0.15) is 5.75 Å². The lowest BCUT2D eigenvalue weighted by Gasteiger charge is -2.07. The number of aromatic nitrogens is 1. The quantitative estimate of drug-likeness (QED) is 0.647. The number of aromatic amines is 1. The van der Waals surface area contributed by atoms with Gasteiger partial charge < -0.3 is 9.72 Å². The molecule has 0 fully saturated rings. The Morgan fingerprint density at radius 1 is 1.00 bits per heavy atom. The predicted octanol–water partition coefficient (Wildman–Crippen LogP) is 2.69. The molecule has 0 saturated heterocycles. The largest absolute Gasteiger partial charge is 0.496 e. The highest BCUT2D eigenvalue weighted by Gasteiger charge is 2.08. The van der Waals surface area contributed by atoms with Crippen LogP contribution >= 0.6 is 0 Å². The molecule has 1 heterocycles. The average molecular weight is 225 g/mol. The Morgan fingerprint density at radius 3 is 2.53 bits per heavy atom. The van der Waals surface area contributed by atoms with E-state index in [0.717, 1.165) is 22.0 Å². The second kappa shape index (κ2) is 3.63. The molecule has 0 aliphatic heterocycles. The van der Waals surface area contributed by atoms with Gasteiger partial charge >= 0.3 is 0 Å². The lowest BCUT2D eigenvalue weighted by Crippen LogP contribution is -2.06. The van der Waals surface area contributed by atoms with Gasteiger partial charge in [-0.05, 0) is 18.2 Å². The van der Waals surface area contributed by atoms with Gasteiger partial charge in [-0.3, -0.25) is 4.79 Å². The summed E-state index contributed by atoms with van der Waals surface area (Å²) in [7, 11) is 1.63. The average Bonchev–Trinajstić information content (AvgIpc) is 2.38. The first-order valence-corrected chi connectivity index (χ1v) is 5.39. The SMILES string of the molecule is COc1cccc2[nH]c(=O)c3ccccc3c12. The lowest BCUT2D eigenvalue weighted by atomic mass is 10.1. The summed E-state index contributed by atoms with van der Waals surface area (Å²) in [5.74, 6) is 0.773. The molecule has 17 heavy (non-hydrogen) atoms. The van der Waals surface area contributed by atoms with E-state index in [0.29, 0.717) is 5.39 Å². The molecular formula is C14H11NO2. The summed E-state index contributed by atoms with van der Waals surface area (Å²) in [6.07, 6.45) is 0. The molecule has 3 nitrogen and oxygen atoms in total. The zero-order valence-electron chi connectivity index (χ0n) is 9.36. The topological polar surface area (TPSA) is 42.1 Å². The summed E-state index contributed by atoms with van der Waals surface area (Å²) >= 11 is 0. The fourth-order valence-corrected chi connectivity index (χ4v) is 2.17. The second-order valence-electron chi connectivity index (χ2n) is 3.88. The van der Waals surface area contributed by atoms with E-state index in [4.69, 9.17) is 4.74 Å². The van der Waals surface area contributed by atoms with Gasteiger partial charge in [0.05, 0.1) is 12.6 Å². The number of benzene rings is 2. The summed E-state index contributed by atoms with van der Waals surface area (Å²) in [5, 5.41) is 2.55. The molecule has 1 N–H and O–H groups in total. The number of rotatable bonds is 1. The zero-order chi connectivity index (χ0) is 11.8. The van der Waals surface area contributed by atoms with Gasteiger partial charge in [-0.25, -0.2) is 0 Å². The van der Waals surface area contributed by atoms with Crippen LogP contribution in [-0.2, 0) is 0 Å². The van der Waals surface area contributed by atoms with Crippen molar-refractivity contribution in [1.29, 1.82) is 0 Å². The number of hydrogen-bond donors (Lipinski definition) is 1. The molecule has 0 aliphatic carbocycles. The van der Waals surface area contributed by atoms with Gasteiger partial charge in [-0.2, -0.15) is 0 Å². The van der Waals surface area contributed by atoms with Crippen molar-refractivity contribution in [3.8, 4) is 5.75 Å². The third-order valence-electron chi connectivity index (χ3n) is 2.94. The van der Waals surface area contributed by atoms with Crippen LogP contribution in [0.3, 0.4) is 0 Å². The van der Waals surface area contributed by atoms with Crippen molar-refractivity contribution in [3.63, 3.8) is 0 Å². The van der Waals surface area contributed by atoms with Crippen molar-refractivity contribution >= 4 is 21.7 Å². The molecule has 3 rings (SSSR count). The molecule has 84 valence electrons. The standard InChI is InChI=1S/C14H11NO2/c1-17-12-8-4-7-11-13(12)9-5-2-3-6-10(9)14(16)15-11/h2-8H,1H3,(H,15,16). The molecule has 0 atom stereocenters. The Balaban J connectivity index is 2.65. The highest BCUT2D eigenvalue weighted by Crippen LogP contribution is 2.29. The molecule has 2 aromatic carbocycles. The normalized spacial score (nSPS) is 10.9. The predicted molar refractivity (Wildman–Crippen MR) is 68.6 cm³/mol. The molecule has 0 radical (unpaired) electrons. The van der Waals surface area contributed by atoms with Crippen molar-refractivity contribution in [2.75, 3.05) is 7.11 Å². The molecule has 3 aromatic rings. The van der Waals surface area contributed by atoms with E-state index < -0.39 is 0 Å². The first-order valence-electron chi connectivity index (χ1n) is 5.39. The molecule has 0 amide bonds. The summed E-state index contributed by atoms with van der Waals surface area (Å²) < 4.78 is 5.35. The third-order valence-corrected chi connectivity index (χ3v) is 2.94. The molecule has 3 heteroatoms. The summed E-state index contributed by atoms with van der Waals surface area (Å²) in [5.41, 5.74) is 0.731. The Morgan fingerprint density at radius 2 is 1.76 bits per heavy atom. The van der Waals surface area contributed by atoms with E-state index >= 15 is 0 Å². The van der Waals surface area contributed by atoms with Gasteiger partial charge in [-0.15, -0.1) is 0 Å². The van der Waals surface area contributed by atoms with Crippen LogP contribution in [0.5, 0.6) is 5.75 Å². The maximum atomic E-state index is 11.9. The number of ether oxygens (including phenoxy) is 1. The van der Waals surface area contributed by atoms with Crippen LogP contribution in [0, 0.1) is 0 Å². The van der Waals surface area contributed by atoms with Gasteiger partial charge in [-0.1, -0.05) is 24.3 Å². The number of fused-ring (bicyclic) bond motifs is 3. The van der Waals surface area contributed by atoms with Crippen molar-refractivity contribution in [2.45, 2.75) is 0 Å². The maximum Gasteiger partial charge on any atom is 0.256 e. The van der Waals surface area contributed by atoms with Crippen LogP contribution in [0.15, 0.2) is 47.3 Å². The van der Waals surface area contributed by atoms with E-state index in [-0.39, 0.29) is 5.56 Å². The van der Waals surface area contributed by atoms with Crippen LogP contribution in [0.1, 0.15) is 0 Å². The molecule has 0 saturated carbocycles. The van der Waals surface area contributed by atoms with Crippen LogP contribution in [-0.4, -0.2) is 12.1 Å². The molecular weight excluding hydrogens is 214 g/mol. The minimum Gasteiger partial charge on any atom is -0.496 e. The second-order valence-corrected chi connectivity index (χ2v) is 3.88. The van der Waals surface area contributed by atoms with Crippen molar-refractivity contribution in [1.82, 2.24) is 4.98 Å². The Kier molecular flexibility index (Phi) is 2.11. The summed E-state index contributed by atoms with van der Waals surface area (Å²) in [6.45, 7) is 0. The third kappa shape index (κ3) is 1.40. The summed E-state index contributed by atoms with van der Waals surface area (Å²) in [4.78, 5) is 14.8. The van der Waals surface area contributed by atoms with E-state index in [1.807, 2.05) is 42.5 Å². The Bertz CT molecular complexity index is 759. The van der Waals surface area contributed by atoms with Crippen molar-refractivity contribution in [2.24, 2.45) is 0 Å². The lowest BCUT2D eigenvalue weighted by molar-refractivity contribution is 0.420.